The Kier molecular flexibility index (Phi) is 5.84. The SMILES string of the molecule is NNC=O.Nc1cnc(Br)cn1. The Labute approximate surface area is 77.5 Å². The summed E-state index contributed by atoms with van der Waals surface area (Å²) in [5.74, 6) is 4.85. The Hall–Kier alpha value is -1.21. The van der Waals surface area contributed by atoms with Gasteiger partial charge < -0.3 is 5.73 Å². The summed E-state index contributed by atoms with van der Waals surface area (Å²) in [5, 5.41) is 0. The molecule has 0 saturated heterocycles. The van der Waals surface area contributed by atoms with Crippen LogP contribution in [0.1, 0.15) is 0 Å². The van der Waals surface area contributed by atoms with Crippen molar-refractivity contribution < 1.29 is 4.79 Å². The highest BCUT2D eigenvalue weighted by Gasteiger charge is 1.84. The summed E-state index contributed by atoms with van der Waals surface area (Å²) in [4.78, 5) is 16.5. The number of nitrogen functional groups attached to an aromatic ring is 1. The lowest BCUT2D eigenvalue weighted by molar-refractivity contribution is -0.109. The number of hydrogen-bond acceptors (Lipinski definition) is 5. The van der Waals surface area contributed by atoms with Crippen molar-refractivity contribution in [1.29, 1.82) is 0 Å². The lowest BCUT2D eigenvalue weighted by Gasteiger charge is -1.87. The first-order valence-corrected chi connectivity index (χ1v) is 3.62. The molecule has 0 atom stereocenters. The van der Waals surface area contributed by atoms with E-state index in [-0.39, 0.29) is 0 Å². The Morgan fingerprint density at radius 2 is 2.08 bits per heavy atom. The first-order valence-electron chi connectivity index (χ1n) is 2.83. The van der Waals surface area contributed by atoms with E-state index in [2.05, 4.69) is 31.7 Å². The monoisotopic (exact) mass is 233 g/mol. The van der Waals surface area contributed by atoms with Gasteiger partial charge in [0.15, 0.2) is 0 Å². The second-order valence-electron chi connectivity index (χ2n) is 1.55. The maximum Gasteiger partial charge on any atom is 0.221 e. The molecule has 0 radical (unpaired) electrons. The third kappa shape index (κ3) is 5.57. The molecule has 0 fully saturated rings. The van der Waals surface area contributed by atoms with Gasteiger partial charge in [-0.3, -0.25) is 10.2 Å². The third-order valence-electron chi connectivity index (χ3n) is 0.708. The fraction of sp³-hybridized carbons (Fsp3) is 0. The zero-order valence-corrected chi connectivity index (χ0v) is 7.65. The lowest BCUT2D eigenvalue weighted by Crippen LogP contribution is -2.18. The molecule has 0 aliphatic carbocycles. The summed E-state index contributed by atoms with van der Waals surface area (Å²) in [6.07, 6.45) is 3.44. The summed E-state index contributed by atoms with van der Waals surface area (Å²) >= 11 is 3.12. The summed E-state index contributed by atoms with van der Waals surface area (Å²) in [5.41, 5.74) is 6.98. The Morgan fingerprint density at radius 3 is 2.33 bits per heavy atom. The molecule has 1 amide bonds. The quantitative estimate of drug-likeness (QED) is 0.261. The number of amides is 1. The van der Waals surface area contributed by atoms with E-state index in [9.17, 15) is 0 Å². The molecule has 5 N–H and O–H groups in total. The molecule has 0 spiro atoms. The fourth-order valence-electron chi connectivity index (χ4n) is 0.322. The number of nitrogens with one attached hydrogen (secondary N) is 1. The zero-order chi connectivity index (χ0) is 9.40. The molecule has 1 aromatic rings. The largest absolute Gasteiger partial charge is 0.382 e. The van der Waals surface area contributed by atoms with E-state index in [0.29, 0.717) is 16.8 Å². The predicted molar refractivity (Wildman–Crippen MR) is 47.5 cm³/mol. The van der Waals surface area contributed by atoms with E-state index in [1.54, 1.807) is 11.6 Å². The molecule has 0 aromatic carbocycles. The van der Waals surface area contributed by atoms with Crippen molar-refractivity contribution in [1.82, 2.24) is 15.4 Å². The molecular weight excluding hydrogens is 226 g/mol. The molecular formula is C5H8BrN5O. The van der Waals surface area contributed by atoms with Crippen molar-refractivity contribution in [3.63, 3.8) is 0 Å². The molecule has 1 rings (SSSR count). The van der Waals surface area contributed by atoms with Crippen LogP contribution in [-0.4, -0.2) is 16.4 Å². The van der Waals surface area contributed by atoms with E-state index in [4.69, 9.17) is 10.5 Å². The van der Waals surface area contributed by atoms with Gasteiger partial charge in [-0.2, -0.15) is 0 Å². The normalized spacial score (nSPS) is 7.83. The van der Waals surface area contributed by atoms with Crippen LogP contribution in [0, 0.1) is 0 Å². The van der Waals surface area contributed by atoms with Crippen molar-refractivity contribution in [2.75, 3.05) is 5.73 Å². The van der Waals surface area contributed by atoms with E-state index in [1.807, 2.05) is 0 Å². The summed E-state index contributed by atoms with van der Waals surface area (Å²) in [6.45, 7) is 0. The molecule has 66 valence electrons. The van der Waals surface area contributed by atoms with E-state index in [0.717, 1.165) is 0 Å². The molecule has 12 heavy (non-hydrogen) atoms. The van der Waals surface area contributed by atoms with Gasteiger partial charge in [-0.05, 0) is 15.9 Å². The number of nitrogens with two attached hydrogens (primary N) is 2. The van der Waals surface area contributed by atoms with Gasteiger partial charge in [0.25, 0.3) is 0 Å². The van der Waals surface area contributed by atoms with Crippen LogP contribution in [0.3, 0.4) is 0 Å². The minimum Gasteiger partial charge on any atom is -0.382 e. The first kappa shape index (κ1) is 10.8. The first-order chi connectivity index (χ1) is 5.70. The summed E-state index contributed by atoms with van der Waals surface area (Å²) in [7, 11) is 0. The molecule has 1 heterocycles. The number of anilines is 1. The van der Waals surface area contributed by atoms with E-state index < -0.39 is 0 Å². The number of hydrogen-bond donors (Lipinski definition) is 3. The van der Waals surface area contributed by atoms with Gasteiger partial charge in [-0.1, -0.05) is 0 Å². The van der Waals surface area contributed by atoms with Gasteiger partial charge in [-0.25, -0.2) is 15.8 Å². The lowest BCUT2D eigenvalue weighted by atomic mass is 10.7. The molecule has 0 unspecified atom stereocenters. The van der Waals surface area contributed by atoms with Crippen LogP contribution in [0.15, 0.2) is 17.0 Å². The molecule has 1 aromatic heterocycles. The summed E-state index contributed by atoms with van der Waals surface area (Å²) in [6, 6.07) is 0. The topological polar surface area (TPSA) is 107 Å². The molecule has 7 heteroatoms. The van der Waals surface area contributed by atoms with Crippen LogP contribution < -0.4 is 17.0 Å². The number of halogens is 1. The molecule has 6 nitrogen and oxygen atoms in total. The van der Waals surface area contributed by atoms with Gasteiger partial charge >= 0.3 is 0 Å². The van der Waals surface area contributed by atoms with Crippen LogP contribution in [-0.2, 0) is 4.79 Å². The van der Waals surface area contributed by atoms with Gasteiger partial charge in [0.05, 0.1) is 12.4 Å². The minimum absolute atomic E-state index is 0.403. The number of hydrazine groups is 1. The second-order valence-corrected chi connectivity index (χ2v) is 2.36. The van der Waals surface area contributed by atoms with Crippen molar-refractivity contribution in [2.24, 2.45) is 5.84 Å². The number of nitrogens with zero attached hydrogens (tertiary/aromatic N) is 2. The van der Waals surface area contributed by atoms with Crippen molar-refractivity contribution in [3.05, 3.63) is 17.0 Å². The zero-order valence-electron chi connectivity index (χ0n) is 6.07. The molecule has 0 aliphatic rings. The highest BCUT2D eigenvalue weighted by atomic mass is 79.9. The standard InChI is InChI=1S/C4H4BrN3.CH4N2O/c5-3-1-8-4(6)2-7-3;2-3-1-4/h1-2H,(H2,6,8);1H,2H2,(H,3,4). The minimum atomic E-state index is 0.403. The number of carbonyl (C=O) groups is 1. The fourth-order valence-corrected chi connectivity index (χ4v) is 0.527. The van der Waals surface area contributed by atoms with Crippen molar-refractivity contribution in [3.8, 4) is 0 Å². The maximum absolute atomic E-state index is 8.94. The van der Waals surface area contributed by atoms with Crippen LogP contribution in [0.2, 0.25) is 0 Å². The van der Waals surface area contributed by atoms with Crippen LogP contribution in [0.25, 0.3) is 0 Å². The Bertz CT molecular complexity index is 205. The second kappa shape index (κ2) is 6.50. The van der Waals surface area contributed by atoms with Gasteiger partial charge in [0.2, 0.25) is 6.41 Å². The Morgan fingerprint density at radius 1 is 1.50 bits per heavy atom. The highest BCUT2D eigenvalue weighted by molar-refractivity contribution is 9.10. The van der Waals surface area contributed by atoms with Crippen LogP contribution >= 0.6 is 15.9 Å². The van der Waals surface area contributed by atoms with Gasteiger partial charge in [0.1, 0.15) is 10.4 Å². The average molecular weight is 234 g/mol. The van der Waals surface area contributed by atoms with Crippen LogP contribution in [0.4, 0.5) is 5.82 Å². The smallest absolute Gasteiger partial charge is 0.221 e. The molecule has 0 aliphatic heterocycles. The predicted octanol–water partition coefficient (Wildman–Crippen LogP) is -0.573. The molecule has 0 saturated carbocycles. The maximum atomic E-state index is 8.94. The van der Waals surface area contributed by atoms with Crippen molar-refractivity contribution >= 4 is 28.2 Å². The number of rotatable bonds is 1. The van der Waals surface area contributed by atoms with Crippen LogP contribution in [0.5, 0.6) is 0 Å². The third-order valence-corrected chi connectivity index (χ3v) is 1.12. The number of carbonyl (C=O) groups excluding carboxylic acids is 1. The van der Waals surface area contributed by atoms with Crippen molar-refractivity contribution in [2.45, 2.75) is 0 Å². The van der Waals surface area contributed by atoms with E-state index >= 15 is 0 Å². The number of aromatic nitrogens is 2. The summed E-state index contributed by atoms with van der Waals surface area (Å²) < 4.78 is 0.701. The van der Waals surface area contributed by atoms with Gasteiger partial charge in [0, 0.05) is 0 Å². The molecule has 0 bridgehead atoms. The highest BCUT2D eigenvalue weighted by Crippen LogP contribution is 2.02. The van der Waals surface area contributed by atoms with Gasteiger partial charge in [-0.15, -0.1) is 0 Å². The van der Waals surface area contributed by atoms with E-state index in [1.165, 1.54) is 6.20 Å². The Balaban J connectivity index is 0.000000261. The average Bonchev–Trinajstić information content (AvgIpc) is 2.11.